The molecule has 0 radical (unpaired) electrons. The molecule has 0 unspecified atom stereocenters. The maximum Gasteiger partial charge on any atom is 0.127 e. The molecule has 0 bridgehead atoms. The number of allylic oxidation sites excluding steroid dienone is 2. The molecule has 0 saturated carbocycles. The molecule has 0 spiro atoms. The van der Waals surface area contributed by atoms with Crippen molar-refractivity contribution in [2.24, 2.45) is 0 Å². The standard InChI is InChI=1S/C16H16O2/c1-3-5-11-7-9-14-13(15(11)17)10-8-12(6-4-2)16(14)18/h3-4,7-10,17-18H,1-2,5-6H2. The lowest BCUT2D eigenvalue weighted by atomic mass is 9.99. The Hall–Kier alpha value is -2.22. The number of rotatable bonds is 4. The first-order chi connectivity index (χ1) is 8.69. The molecule has 0 aliphatic heterocycles. The molecule has 2 aromatic rings. The Balaban J connectivity index is 2.66. The van der Waals surface area contributed by atoms with E-state index in [1.54, 1.807) is 12.2 Å². The Morgan fingerprint density at radius 2 is 1.17 bits per heavy atom. The van der Waals surface area contributed by atoms with Crippen molar-refractivity contribution >= 4 is 10.8 Å². The van der Waals surface area contributed by atoms with Crippen LogP contribution in [0.25, 0.3) is 10.8 Å². The lowest BCUT2D eigenvalue weighted by molar-refractivity contribution is 0.470. The van der Waals surface area contributed by atoms with Gasteiger partial charge in [0.05, 0.1) is 0 Å². The number of benzene rings is 2. The second-order valence-electron chi connectivity index (χ2n) is 4.23. The van der Waals surface area contributed by atoms with Crippen LogP contribution in [-0.4, -0.2) is 10.2 Å². The molecule has 18 heavy (non-hydrogen) atoms. The Labute approximate surface area is 107 Å². The number of phenols is 2. The van der Waals surface area contributed by atoms with Gasteiger partial charge in [-0.05, 0) is 24.0 Å². The zero-order valence-corrected chi connectivity index (χ0v) is 10.2. The van der Waals surface area contributed by atoms with Gasteiger partial charge in [-0.25, -0.2) is 0 Å². The topological polar surface area (TPSA) is 40.5 Å². The number of aromatic hydroxyl groups is 2. The Bertz CT molecular complexity index is 557. The number of phenolic OH excluding ortho intramolecular Hbond substituents is 2. The minimum Gasteiger partial charge on any atom is -0.507 e. The van der Waals surface area contributed by atoms with Crippen LogP contribution in [0.2, 0.25) is 0 Å². The first kappa shape index (κ1) is 12.2. The number of hydrogen-bond donors (Lipinski definition) is 2. The summed E-state index contributed by atoms with van der Waals surface area (Å²) in [6.07, 6.45) is 4.70. The maximum atomic E-state index is 10.1. The van der Waals surface area contributed by atoms with E-state index < -0.39 is 0 Å². The van der Waals surface area contributed by atoms with Gasteiger partial charge in [-0.3, -0.25) is 0 Å². The zero-order valence-electron chi connectivity index (χ0n) is 10.2. The van der Waals surface area contributed by atoms with E-state index in [2.05, 4.69) is 13.2 Å². The average Bonchev–Trinajstić information content (AvgIpc) is 2.37. The molecule has 2 aromatic carbocycles. The van der Waals surface area contributed by atoms with E-state index in [1.807, 2.05) is 24.3 Å². The summed E-state index contributed by atoms with van der Waals surface area (Å²) in [5.74, 6) is 0.431. The first-order valence-electron chi connectivity index (χ1n) is 5.86. The van der Waals surface area contributed by atoms with Gasteiger partial charge in [0.1, 0.15) is 11.5 Å². The lowest BCUT2D eigenvalue weighted by Crippen LogP contribution is -1.88. The maximum absolute atomic E-state index is 10.1. The van der Waals surface area contributed by atoms with Crippen LogP contribution >= 0.6 is 0 Å². The van der Waals surface area contributed by atoms with Crippen LogP contribution in [0.3, 0.4) is 0 Å². The van der Waals surface area contributed by atoms with Crippen molar-refractivity contribution in [3.8, 4) is 11.5 Å². The predicted molar refractivity (Wildman–Crippen MR) is 75.1 cm³/mol. The molecular formula is C16H16O2. The summed E-state index contributed by atoms with van der Waals surface area (Å²) in [4.78, 5) is 0. The van der Waals surface area contributed by atoms with Crippen molar-refractivity contribution < 1.29 is 10.2 Å². The van der Waals surface area contributed by atoms with Gasteiger partial charge in [-0.15, -0.1) is 13.2 Å². The van der Waals surface area contributed by atoms with Gasteiger partial charge >= 0.3 is 0 Å². The summed E-state index contributed by atoms with van der Waals surface area (Å²) in [7, 11) is 0. The lowest BCUT2D eigenvalue weighted by Gasteiger charge is -2.10. The Morgan fingerprint density at radius 1 is 0.778 bits per heavy atom. The van der Waals surface area contributed by atoms with E-state index in [4.69, 9.17) is 0 Å². The molecule has 0 fully saturated rings. The minimum absolute atomic E-state index is 0.216. The predicted octanol–water partition coefficient (Wildman–Crippen LogP) is 3.71. The highest BCUT2D eigenvalue weighted by atomic mass is 16.3. The van der Waals surface area contributed by atoms with E-state index in [1.165, 1.54) is 0 Å². The molecule has 2 N–H and O–H groups in total. The molecule has 0 aliphatic rings. The van der Waals surface area contributed by atoms with Gasteiger partial charge in [-0.2, -0.15) is 0 Å². The fraction of sp³-hybridized carbons (Fsp3) is 0.125. The van der Waals surface area contributed by atoms with Crippen LogP contribution in [0.1, 0.15) is 11.1 Å². The van der Waals surface area contributed by atoms with Crippen LogP contribution in [0.4, 0.5) is 0 Å². The smallest absolute Gasteiger partial charge is 0.127 e. The molecular weight excluding hydrogens is 224 g/mol. The van der Waals surface area contributed by atoms with Crippen molar-refractivity contribution in [1.82, 2.24) is 0 Å². The summed E-state index contributed by atoms with van der Waals surface area (Å²) >= 11 is 0. The Morgan fingerprint density at radius 3 is 1.50 bits per heavy atom. The number of hydrogen-bond acceptors (Lipinski definition) is 2. The van der Waals surface area contributed by atoms with Crippen molar-refractivity contribution in [3.05, 3.63) is 60.7 Å². The van der Waals surface area contributed by atoms with Crippen LogP contribution in [0.5, 0.6) is 11.5 Å². The van der Waals surface area contributed by atoms with E-state index in [9.17, 15) is 10.2 Å². The SMILES string of the molecule is C=CCc1ccc2c(O)c(CC=C)ccc2c1O. The quantitative estimate of drug-likeness (QED) is 0.800. The third-order valence-corrected chi connectivity index (χ3v) is 3.04. The van der Waals surface area contributed by atoms with E-state index in [0.717, 1.165) is 11.1 Å². The average molecular weight is 240 g/mol. The van der Waals surface area contributed by atoms with Crippen LogP contribution in [-0.2, 0) is 12.8 Å². The molecule has 0 aromatic heterocycles. The highest BCUT2D eigenvalue weighted by molar-refractivity contribution is 5.94. The van der Waals surface area contributed by atoms with Crippen molar-refractivity contribution in [3.63, 3.8) is 0 Å². The Kier molecular flexibility index (Phi) is 3.38. The molecule has 2 rings (SSSR count). The van der Waals surface area contributed by atoms with E-state index in [0.29, 0.717) is 23.6 Å². The highest BCUT2D eigenvalue weighted by Crippen LogP contribution is 2.36. The van der Waals surface area contributed by atoms with Crippen LogP contribution < -0.4 is 0 Å². The third kappa shape index (κ3) is 1.97. The van der Waals surface area contributed by atoms with Gasteiger partial charge in [-0.1, -0.05) is 36.4 Å². The molecule has 0 saturated heterocycles. The largest absolute Gasteiger partial charge is 0.507 e. The molecule has 0 aliphatic carbocycles. The zero-order chi connectivity index (χ0) is 13.1. The van der Waals surface area contributed by atoms with Gasteiger partial charge in [0.25, 0.3) is 0 Å². The van der Waals surface area contributed by atoms with Gasteiger partial charge in [0, 0.05) is 10.8 Å². The van der Waals surface area contributed by atoms with Gasteiger partial charge in [0.2, 0.25) is 0 Å². The van der Waals surface area contributed by atoms with Gasteiger partial charge < -0.3 is 10.2 Å². The minimum atomic E-state index is 0.216. The van der Waals surface area contributed by atoms with Crippen LogP contribution in [0.15, 0.2) is 49.6 Å². The van der Waals surface area contributed by atoms with Gasteiger partial charge in [0.15, 0.2) is 0 Å². The molecule has 2 nitrogen and oxygen atoms in total. The van der Waals surface area contributed by atoms with Crippen molar-refractivity contribution in [2.45, 2.75) is 12.8 Å². The molecule has 0 heterocycles. The fourth-order valence-corrected chi connectivity index (χ4v) is 2.10. The second-order valence-corrected chi connectivity index (χ2v) is 4.23. The number of fused-ring (bicyclic) bond motifs is 1. The molecule has 0 atom stereocenters. The molecule has 2 heteroatoms. The summed E-state index contributed by atoms with van der Waals surface area (Å²) in [6, 6.07) is 7.29. The molecule has 0 amide bonds. The monoisotopic (exact) mass is 240 g/mol. The van der Waals surface area contributed by atoms with E-state index >= 15 is 0 Å². The summed E-state index contributed by atoms with van der Waals surface area (Å²) in [6.45, 7) is 7.32. The highest BCUT2D eigenvalue weighted by Gasteiger charge is 2.10. The van der Waals surface area contributed by atoms with Crippen LogP contribution in [0, 0.1) is 0 Å². The summed E-state index contributed by atoms with van der Waals surface area (Å²) in [5.41, 5.74) is 1.63. The second kappa shape index (κ2) is 4.96. The normalized spacial score (nSPS) is 10.4. The van der Waals surface area contributed by atoms with E-state index in [-0.39, 0.29) is 11.5 Å². The fourth-order valence-electron chi connectivity index (χ4n) is 2.10. The summed E-state index contributed by atoms with van der Waals surface area (Å²) in [5, 5.41) is 21.6. The molecule has 92 valence electrons. The third-order valence-electron chi connectivity index (χ3n) is 3.04. The van der Waals surface area contributed by atoms with Crippen molar-refractivity contribution in [2.75, 3.05) is 0 Å². The van der Waals surface area contributed by atoms with Crippen molar-refractivity contribution in [1.29, 1.82) is 0 Å². The summed E-state index contributed by atoms with van der Waals surface area (Å²) < 4.78 is 0. The first-order valence-corrected chi connectivity index (χ1v) is 5.86.